The zero-order valence-corrected chi connectivity index (χ0v) is 45.7. The number of carbonyl (C=O) groups excluding carboxylic acids is 6. The molecule has 0 radical (unpaired) electrons. The lowest BCUT2D eigenvalue weighted by atomic mass is 9.78. The first-order chi connectivity index (χ1) is 35.0. The van der Waals surface area contributed by atoms with Crippen LogP contribution in [0, 0.1) is 35.5 Å². The average molecular weight is 1040 g/mol. The Labute approximate surface area is 438 Å². The van der Waals surface area contributed by atoms with Gasteiger partial charge in [-0.15, -0.1) is 0 Å². The van der Waals surface area contributed by atoms with Gasteiger partial charge in [-0.05, 0) is 120 Å². The van der Waals surface area contributed by atoms with Crippen molar-refractivity contribution in [2.75, 3.05) is 27.9 Å². The molecule has 2 saturated heterocycles. The molecule has 1 aliphatic carbocycles. The number of amides is 1. The van der Waals surface area contributed by atoms with Gasteiger partial charge in [-0.3, -0.25) is 28.8 Å². The molecule has 1 unspecified atom stereocenters. The number of cyclic esters (lactones) is 1. The Hall–Kier alpha value is -4.39. The largest absolute Gasteiger partial charge is 0.481 e. The lowest BCUT2D eigenvalue weighted by Gasteiger charge is -2.42. The Morgan fingerprint density at radius 1 is 0.851 bits per heavy atom. The highest BCUT2D eigenvalue weighted by atomic mass is 16.6. The number of fused-ring (bicyclic) bond motifs is 3. The molecule has 1 saturated carbocycles. The Balaban J connectivity index is 1.66. The van der Waals surface area contributed by atoms with Gasteiger partial charge in [0.2, 0.25) is 5.79 Å². The summed E-state index contributed by atoms with van der Waals surface area (Å²) < 4.78 is 35.5. The van der Waals surface area contributed by atoms with E-state index in [1.807, 2.05) is 51.2 Å². The van der Waals surface area contributed by atoms with Gasteiger partial charge in [0, 0.05) is 71.3 Å². The van der Waals surface area contributed by atoms with Gasteiger partial charge in [0.15, 0.2) is 11.6 Å². The summed E-state index contributed by atoms with van der Waals surface area (Å²) in [5.74, 6) is -9.81. The number of Topliss-reactive ketones (excluding diaryl/α,β-unsaturated/α-hetero) is 3. The van der Waals surface area contributed by atoms with Crippen molar-refractivity contribution in [1.82, 2.24) is 4.90 Å². The number of allylic oxidation sites excluding steroid dienone is 6. The van der Waals surface area contributed by atoms with E-state index in [4.69, 9.17) is 33.5 Å². The van der Waals surface area contributed by atoms with Crippen molar-refractivity contribution in [3.63, 3.8) is 0 Å². The summed E-state index contributed by atoms with van der Waals surface area (Å²) in [5, 5.41) is 32.5. The van der Waals surface area contributed by atoms with Gasteiger partial charge in [-0.2, -0.15) is 0 Å². The van der Waals surface area contributed by atoms with Gasteiger partial charge in [0.25, 0.3) is 11.7 Å². The molecule has 0 aromatic rings. The highest BCUT2D eigenvalue weighted by Crippen LogP contribution is 2.38. The Kier molecular flexibility index (Phi) is 25.0. The zero-order valence-electron chi connectivity index (χ0n) is 45.7. The third-order valence-corrected chi connectivity index (χ3v) is 15.8. The summed E-state index contributed by atoms with van der Waals surface area (Å²) in [6, 6.07) is -1.19. The van der Waals surface area contributed by atoms with E-state index in [1.165, 1.54) is 12.0 Å². The van der Waals surface area contributed by atoms with Crippen molar-refractivity contribution in [1.29, 1.82) is 0 Å². The molecule has 1 amide bonds. The number of carboxylic acids is 1. The topological polar surface area (TPSA) is 239 Å². The zero-order chi connectivity index (χ0) is 54.9. The van der Waals surface area contributed by atoms with E-state index in [1.54, 1.807) is 48.0 Å². The van der Waals surface area contributed by atoms with Crippen molar-refractivity contribution < 1.29 is 77.3 Å². The van der Waals surface area contributed by atoms with Gasteiger partial charge in [0.1, 0.15) is 24.4 Å². The number of carbonyl (C=O) groups is 7. The first kappa shape index (κ1) is 62.2. The van der Waals surface area contributed by atoms with E-state index in [-0.39, 0.29) is 61.2 Å². The molecule has 3 fully saturated rings. The Morgan fingerprint density at radius 3 is 2.24 bits per heavy atom. The summed E-state index contributed by atoms with van der Waals surface area (Å²) in [4.78, 5) is 96.0. The lowest BCUT2D eigenvalue weighted by molar-refractivity contribution is -0.265. The number of methoxy groups -OCH3 is 3. The first-order valence-electron chi connectivity index (χ1n) is 27.0. The summed E-state index contributed by atoms with van der Waals surface area (Å²) in [6.45, 7) is 12.6. The van der Waals surface area contributed by atoms with Crippen molar-refractivity contribution in [3.8, 4) is 0 Å². The predicted molar refractivity (Wildman–Crippen MR) is 275 cm³/mol. The fraction of sp³-hybridized carbons (Fsp3) is 0.737. The maximum atomic E-state index is 14.5. The van der Waals surface area contributed by atoms with E-state index in [9.17, 15) is 43.8 Å². The SMILES string of the molecule is CO[C@H]1C[C@@H]2CC[C@@H](C)[C@@](O)(O2)C(=O)C(=O)N2CCCC[C@H]2C(=O)O[C@H]([C@H](C)C[C@@H]2CC[C@@H](OC(=O)CCCCC(=O)O)[C@H](OC)C2)CC(=O)C(C)=CC(C)[C@@H](O)[C@@H](OC)C(=O)[C@H](C)C[C@H](C)C=CC=CC=C1C. The van der Waals surface area contributed by atoms with Gasteiger partial charge < -0.3 is 48.6 Å². The molecule has 0 aromatic carbocycles. The van der Waals surface area contributed by atoms with Gasteiger partial charge >= 0.3 is 17.9 Å². The quantitative estimate of drug-likeness (QED) is 0.0982. The number of rotatable bonds is 12. The number of esters is 2. The van der Waals surface area contributed by atoms with Crippen LogP contribution in [0.25, 0.3) is 0 Å². The molecular formula is C57H87NO16. The maximum Gasteiger partial charge on any atom is 0.329 e. The molecule has 3 heterocycles. The van der Waals surface area contributed by atoms with E-state index in [0.717, 1.165) is 5.57 Å². The van der Waals surface area contributed by atoms with Crippen LogP contribution < -0.4 is 0 Å². The fourth-order valence-electron chi connectivity index (χ4n) is 11.0. The molecule has 3 aliphatic heterocycles. The Morgan fingerprint density at radius 2 is 1.57 bits per heavy atom. The number of ether oxygens (including phenoxy) is 6. The summed E-state index contributed by atoms with van der Waals surface area (Å²) in [7, 11) is 4.48. The number of carboxylic acid groups (broad SMARTS) is 1. The molecule has 0 spiro atoms. The van der Waals surface area contributed by atoms with Crippen LogP contribution in [0.15, 0.2) is 47.6 Å². The number of ketones is 3. The van der Waals surface area contributed by atoms with E-state index in [2.05, 4.69) is 0 Å². The molecule has 416 valence electrons. The van der Waals surface area contributed by atoms with E-state index in [0.29, 0.717) is 77.0 Å². The number of nitrogens with zero attached hydrogens (tertiary/aromatic N) is 1. The average Bonchev–Trinajstić information content (AvgIpc) is 3.36. The van der Waals surface area contributed by atoms with Crippen molar-refractivity contribution in [2.24, 2.45) is 35.5 Å². The van der Waals surface area contributed by atoms with E-state index >= 15 is 0 Å². The second kappa shape index (κ2) is 29.8. The van der Waals surface area contributed by atoms with Crippen LogP contribution in [-0.4, -0.2) is 144 Å². The standard InChI is InChI=1S/C57H87NO16/c1-34-18-12-11-13-19-35(2)46(69-8)32-42-25-23-40(7)57(68,74-42)54(65)55(66)58-27-17-16-20-43(58)56(67)73-47(33-44(59)36(3)29-39(6)52(64)53(71-10)51(63)38(5)28-34)37(4)30-41-24-26-45(48(31-41)70-9)72-50(62)22-15-14-21-49(60)61/h11-13,18-19,29,34,37-43,45-48,52-53,64,68H,14-17,20-28,30-33H2,1-10H3,(H,60,61)/t34-,37-,38-,39?,40-,41+,42+,43+,45-,46+,47+,48-,52-,53+,57-/m1/s1. The number of aliphatic hydroxyl groups excluding tert-OH is 1. The Bertz CT molecular complexity index is 2050. The third kappa shape index (κ3) is 17.6. The van der Waals surface area contributed by atoms with Crippen LogP contribution in [-0.2, 0) is 62.0 Å². The van der Waals surface area contributed by atoms with Crippen LogP contribution in [0.2, 0.25) is 0 Å². The fourth-order valence-corrected chi connectivity index (χ4v) is 11.0. The van der Waals surface area contributed by atoms with Crippen LogP contribution in [0.5, 0.6) is 0 Å². The second-order valence-electron chi connectivity index (χ2n) is 21.7. The van der Waals surface area contributed by atoms with Crippen molar-refractivity contribution >= 4 is 41.2 Å². The predicted octanol–water partition coefficient (Wildman–Crippen LogP) is 7.38. The molecule has 17 nitrogen and oxygen atoms in total. The highest BCUT2D eigenvalue weighted by molar-refractivity contribution is 6.39. The smallest absolute Gasteiger partial charge is 0.329 e. The van der Waals surface area contributed by atoms with Crippen LogP contribution >= 0.6 is 0 Å². The molecule has 4 aliphatic rings. The lowest BCUT2D eigenvalue weighted by Crippen LogP contribution is -2.61. The van der Waals surface area contributed by atoms with Gasteiger partial charge in [-0.25, -0.2) is 4.79 Å². The molecule has 17 heteroatoms. The van der Waals surface area contributed by atoms with Gasteiger partial charge in [-0.1, -0.05) is 71.1 Å². The highest BCUT2D eigenvalue weighted by Gasteiger charge is 2.53. The van der Waals surface area contributed by atoms with Crippen molar-refractivity contribution in [3.05, 3.63) is 47.6 Å². The van der Waals surface area contributed by atoms with Crippen molar-refractivity contribution in [2.45, 2.75) is 206 Å². The minimum Gasteiger partial charge on any atom is -0.481 e. The van der Waals surface area contributed by atoms with Crippen LogP contribution in [0.3, 0.4) is 0 Å². The first-order valence-corrected chi connectivity index (χ1v) is 27.0. The molecule has 15 atom stereocenters. The number of piperidine rings is 1. The molecular weight excluding hydrogens is 955 g/mol. The minimum absolute atomic E-state index is 0.00191. The van der Waals surface area contributed by atoms with Crippen LogP contribution in [0.4, 0.5) is 0 Å². The number of aliphatic carboxylic acids is 1. The number of hydrogen-bond acceptors (Lipinski definition) is 15. The second-order valence-corrected chi connectivity index (χ2v) is 21.7. The minimum atomic E-state index is -2.46. The van der Waals surface area contributed by atoms with Crippen LogP contribution in [0.1, 0.15) is 151 Å². The molecule has 2 bridgehead atoms. The summed E-state index contributed by atoms with van der Waals surface area (Å²) in [5.41, 5.74) is 1.14. The normalized spacial score (nSPS) is 34.5. The third-order valence-electron chi connectivity index (χ3n) is 15.8. The molecule has 3 N–H and O–H groups in total. The van der Waals surface area contributed by atoms with Gasteiger partial charge in [0.05, 0.1) is 24.4 Å². The summed E-state index contributed by atoms with van der Waals surface area (Å²) >= 11 is 0. The summed E-state index contributed by atoms with van der Waals surface area (Å²) in [6.07, 6.45) is 11.2. The molecule has 0 aromatic heterocycles. The maximum absolute atomic E-state index is 14.5. The number of hydrogen-bond donors (Lipinski definition) is 3. The van der Waals surface area contributed by atoms with E-state index < -0.39 is 108 Å². The monoisotopic (exact) mass is 1040 g/mol. The molecule has 4 rings (SSSR count). The number of unbranched alkanes of at least 4 members (excludes halogenated alkanes) is 1. The molecule has 74 heavy (non-hydrogen) atoms. The number of aliphatic hydroxyl groups is 2.